The number of hydrogen-bond donors (Lipinski definition) is 1. The number of nitrogens with one attached hydrogen (secondary N) is 1. The Morgan fingerprint density at radius 3 is 2.62 bits per heavy atom. The summed E-state index contributed by atoms with van der Waals surface area (Å²) in [4.78, 5) is 24.0. The molecule has 1 aliphatic heterocycles. The number of amides is 1. The minimum Gasteiger partial charge on any atom is -0.467 e. The third-order valence-electron chi connectivity index (χ3n) is 3.93. The first kappa shape index (κ1) is 18.9. The summed E-state index contributed by atoms with van der Waals surface area (Å²) in [5, 5.41) is 2.73. The summed E-state index contributed by atoms with van der Waals surface area (Å²) in [6.45, 7) is 1.48. The molecule has 2 aromatic rings. The van der Waals surface area contributed by atoms with Gasteiger partial charge in [-0.3, -0.25) is 4.79 Å². The fourth-order valence-corrected chi connectivity index (χ4v) is 5.46. The fourth-order valence-electron chi connectivity index (χ4n) is 2.56. The number of ether oxygens (including phenoxy) is 1. The number of thioether (sulfide) groups is 2. The molecule has 0 spiro atoms. The van der Waals surface area contributed by atoms with Crippen LogP contribution in [0.3, 0.4) is 0 Å². The summed E-state index contributed by atoms with van der Waals surface area (Å²) in [6.07, 6.45) is 2.79. The Labute approximate surface area is 161 Å². The average Bonchev–Trinajstić information content (AvgIpc) is 3.22. The van der Waals surface area contributed by atoms with Gasteiger partial charge in [0.15, 0.2) is 6.61 Å². The van der Waals surface area contributed by atoms with Crippen molar-refractivity contribution in [1.82, 2.24) is 5.32 Å². The monoisotopic (exact) mass is 391 g/mol. The number of carbonyl (C=O) groups excluding carboxylic acids is 2. The Kier molecular flexibility index (Phi) is 6.68. The van der Waals surface area contributed by atoms with Gasteiger partial charge >= 0.3 is 5.97 Å². The minimum atomic E-state index is -0.499. The minimum absolute atomic E-state index is 0.277. The van der Waals surface area contributed by atoms with Crippen LogP contribution in [0.2, 0.25) is 0 Å². The van der Waals surface area contributed by atoms with Crippen molar-refractivity contribution >= 4 is 35.4 Å². The van der Waals surface area contributed by atoms with E-state index in [9.17, 15) is 9.59 Å². The molecule has 1 fully saturated rings. The Morgan fingerprint density at radius 1 is 1.23 bits per heavy atom. The molecule has 5 nitrogen and oxygen atoms in total. The summed E-state index contributed by atoms with van der Waals surface area (Å²) in [5.74, 6) is 2.13. The van der Waals surface area contributed by atoms with Crippen LogP contribution in [0.25, 0.3) is 0 Å². The van der Waals surface area contributed by atoms with Gasteiger partial charge < -0.3 is 14.5 Å². The van der Waals surface area contributed by atoms with Gasteiger partial charge in [-0.2, -0.15) is 0 Å². The van der Waals surface area contributed by atoms with Crippen molar-refractivity contribution in [1.29, 1.82) is 0 Å². The Hall–Kier alpha value is -1.86. The zero-order valence-electron chi connectivity index (χ0n) is 14.5. The van der Waals surface area contributed by atoms with Gasteiger partial charge in [-0.25, -0.2) is 4.79 Å². The predicted octanol–water partition coefficient (Wildman–Crippen LogP) is 4.18. The lowest BCUT2D eigenvalue weighted by molar-refractivity contribution is -0.125. The summed E-state index contributed by atoms with van der Waals surface area (Å²) < 4.78 is 10.8. The molecule has 1 saturated heterocycles. The molecule has 0 radical (unpaired) electrons. The van der Waals surface area contributed by atoms with E-state index in [0.717, 1.165) is 0 Å². The van der Waals surface area contributed by atoms with Crippen LogP contribution in [0.1, 0.15) is 45.7 Å². The molecule has 0 bridgehead atoms. The molecule has 0 saturated carbocycles. The van der Waals surface area contributed by atoms with Gasteiger partial charge in [0.05, 0.1) is 22.5 Å². The van der Waals surface area contributed by atoms with E-state index in [1.165, 1.54) is 23.5 Å². The van der Waals surface area contributed by atoms with Crippen LogP contribution in [0.4, 0.5) is 0 Å². The SMILES string of the molecule is C[C@@H](NC(=O)COC(=O)c1ccc(C2SCCCS2)cc1)c1ccco1. The number of rotatable bonds is 6. The first-order valence-corrected chi connectivity index (χ1v) is 10.6. The molecule has 0 aliphatic carbocycles. The highest BCUT2D eigenvalue weighted by molar-refractivity contribution is 8.16. The van der Waals surface area contributed by atoms with Crippen molar-refractivity contribution in [2.24, 2.45) is 0 Å². The molecule has 3 rings (SSSR count). The van der Waals surface area contributed by atoms with Crippen molar-refractivity contribution in [3.8, 4) is 0 Å². The number of benzene rings is 1. The molecule has 1 N–H and O–H groups in total. The number of carbonyl (C=O) groups is 2. The van der Waals surface area contributed by atoms with Crippen LogP contribution in [-0.2, 0) is 9.53 Å². The maximum atomic E-state index is 12.1. The van der Waals surface area contributed by atoms with E-state index in [1.807, 2.05) is 35.7 Å². The molecule has 1 atom stereocenters. The van der Waals surface area contributed by atoms with Gasteiger partial charge in [-0.1, -0.05) is 12.1 Å². The van der Waals surface area contributed by atoms with E-state index >= 15 is 0 Å². The maximum Gasteiger partial charge on any atom is 0.338 e. The molecule has 1 amide bonds. The van der Waals surface area contributed by atoms with Crippen molar-refractivity contribution in [3.63, 3.8) is 0 Å². The van der Waals surface area contributed by atoms with E-state index in [4.69, 9.17) is 9.15 Å². The molecule has 1 aromatic carbocycles. The fraction of sp³-hybridized carbons (Fsp3) is 0.368. The van der Waals surface area contributed by atoms with Crippen LogP contribution in [0.15, 0.2) is 47.1 Å². The maximum absolute atomic E-state index is 12.1. The molecule has 138 valence electrons. The molecule has 2 heterocycles. The van der Waals surface area contributed by atoms with E-state index in [2.05, 4.69) is 5.32 Å². The van der Waals surface area contributed by atoms with Gasteiger partial charge in [0.1, 0.15) is 5.76 Å². The molecule has 26 heavy (non-hydrogen) atoms. The van der Waals surface area contributed by atoms with Gasteiger partial charge in [0.2, 0.25) is 0 Å². The van der Waals surface area contributed by atoms with Crippen molar-refractivity contribution < 1.29 is 18.7 Å². The van der Waals surface area contributed by atoms with Gasteiger partial charge in [0.25, 0.3) is 5.91 Å². The smallest absolute Gasteiger partial charge is 0.338 e. The van der Waals surface area contributed by atoms with E-state index < -0.39 is 5.97 Å². The lowest BCUT2D eigenvalue weighted by Crippen LogP contribution is -2.30. The highest BCUT2D eigenvalue weighted by Crippen LogP contribution is 2.43. The first-order valence-electron chi connectivity index (χ1n) is 8.46. The van der Waals surface area contributed by atoms with E-state index in [-0.39, 0.29) is 18.6 Å². The van der Waals surface area contributed by atoms with Crippen molar-refractivity contribution in [2.45, 2.75) is 24.0 Å². The van der Waals surface area contributed by atoms with Gasteiger partial charge in [-0.15, -0.1) is 23.5 Å². The van der Waals surface area contributed by atoms with Crippen LogP contribution >= 0.6 is 23.5 Å². The standard InChI is InChI=1S/C19H21NO4S2/c1-13(16-4-2-9-23-16)20-17(21)12-24-18(22)14-5-7-15(8-6-14)19-25-10-3-11-26-19/h2,4-9,13,19H,3,10-12H2,1H3,(H,20,21)/t13-/m1/s1. The topological polar surface area (TPSA) is 68.5 Å². The Morgan fingerprint density at radius 2 is 1.96 bits per heavy atom. The second-order valence-corrected chi connectivity index (χ2v) is 8.65. The highest BCUT2D eigenvalue weighted by atomic mass is 32.2. The number of esters is 1. The quantitative estimate of drug-likeness (QED) is 0.745. The Balaban J connectivity index is 1.47. The normalized spacial score (nSPS) is 16.0. The van der Waals surface area contributed by atoms with E-state index in [0.29, 0.717) is 15.9 Å². The van der Waals surface area contributed by atoms with E-state index in [1.54, 1.807) is 37.5 Å². The second-order valence-electron chi connectivity index (χ2n) is 5.93. The molecule has 7 heteroatoms. The predicted molar refractivity (Wildman–Crippen MR) is 104 cm³/mol. The number of hydrogen-bond acceptors (Lipinski definition) is 6. The second kappa shape index (κ2) is 9.19. The molecular formula is C19H21NO4S2. The van der Waals surface area contributed by atoms with Crippen LogP contribution in [-0.4, -0.2) is 30.0 Å². The largest absolute Gasteiger partial charge is 0.467 e. The van der Waals surface area contributed by atoms with Crippen molar-refractivity contribution in [2.75, 3.05) is 18.1 Å². The first-order chi connectivity index (χ1) is 12.6. The summed E-state index contributed by atoms with van der Waals surface area (Å²) in [5.41, 5.74) is 1.66. The molecule has 0 unspecified atom stereocenters. The van der Waals surface area contributed by atoms with Crippen LogP contribution in [0.5, 0.6) is 0 Å². The number of furan rings is 1. The summed E-state index contributed by atoms with van der Waals surface area (Å²) in [6, 6.07) is 10.7. The zero-order valence-corrected chi connectivity index (χ0v) is 16.1. The van der Waals surface area contributed by atoms with Crippen LogP contribution < -0.4 is 5.32 Å². The average molecular weight is 392 g/mol. The summed E-state index contributed by atoms with van der Waals surface area (Å²) in [7, 11) is 0. The Bertz CT molecular complexity index is 725. The lowest BCUT2D eigenvalue weighted by Gasteiger charge is -2.21. The molecular weight excluding hydrogens is 370 g/mol. The third-order valence-corrected chi connectivity index (χ3v) is 6.94. The summed E-state index contributed by atoms with van der Waals surface area (Å²) >= 11 is 3.87. The molecule has 1 aromatic heterocycles. The zero-order chi connectivity index (χ0) is 18.4. The van der Waals surface area contributed by atoms with Gasteiger partial charge in [-0.05, 0) is 54.7 Å². The van der Waals surface area contributed by atoms with Crippen LogP contribution in [0, 0.1) is 0 Å². The highest BCUT2D eigenvalue weighted by Gasteiger charge is 2.18. The lowest BCUT2D eigenvalue weighted by atomic mass is 10.1. The van der Waals surface area contributed by atoms with Gasteiger partial charge in [0, 0.05) is 0 Å². The molecule has 1 aliphatic rings. The third kappa shape index (κ3) is 5.08. The van der Waals surface area contributed by atoms with Crippen molar-refractivity contribution in [3.05, 3.63) is 59.5 Å².